The van der Waals surface area contributed by atoms with Gasteiger partial charge < -0.3 is 19.5 Å². The quantitative estimate of drug-likeness (QED) is 0.666. The van der Waals surface area contributed by atoms with Gasteiger partial charge in [0.25, 0.3) is 0 Å². The number of nitrogens with zero attached hydrogens (tertiary/aromatic N) is 3. The zero-order valence-electron chi connectivity index (χ0n) is 16.7. The fourth-order valence-corrected chi connectivity index (χ4v) is 3.32. The molecule has 1 fully saturated rings. The Labute approximate surface area is 175 Å². The first-order valence-corrected chi connectivity index (χ1v) is 9.86. The lowest BCUT2D eigenvalue weighted by atomic mass is 9.83. The van der Waals surface area contributed by atoms with E-state index in [9.17, 15) is 4.79 Å². The van der Waals surface area contributed by atoms with E-state index in [-0.39, 0.29) is 18.1 Å². The SMILES string of the molecule is COc1cnc(-c2ccnc(OC[C@H]3C[C@H](OC[C@H](C)NC(C)=O)C3)c2Cl)nc1. The molecular weight excluding hydrogens is 396 g/mol. The Hall–Kier alpha value is -2.45. The van der Waals surface area contributed by atoms with E-state index in [1.165, 1.54) is 6.92 Å². The van der Waals surface area contributed by atoms with Gasteiger partial charge in [0.2, 0.25) is 11.8 Å². The van der Waals surface area contributed by atoms with Crippen molar-refractivity contribution in [2.24, 2.45) is 5.92 Å². The van der Waals surface area contributed by atoms with Gasteiger partial charge >= 0.3 is 0 Å². The molecule has 1 aliphatic rings. The maximum atomic E-state index is 11.0. The number of aromatic nitrogens is 3. The van der Waals surface area contributed by atoms with Crippen LogP contribution in [0.2, 0.25) is 5.02 Å². The highest BCUT2D eigenvalue weighted by Gasteiger charge is 2.31. The third-order valence-corrected chi connectivity index (χ3v) is 5.01. The predicted molar refractivity (Wildman–Crippen MR) is 108 cm³/mol. The second-order valence-corrected chi connectivity index (χ2v) is 7.51. The summed E-state index contributed by atoms with van der Waals surface area (Å²) in [4.78, 5) is 23.8. The van der Waals surface area contributed by atoms with E-state index in [2.05, 4.69) is 20.3 Å². The van der Waals surface area contributed by atoms with Gasteiger partial charge in [-0.15, -0.1) is 0 Å². The minimum Gasteiger partial charge on any atom is -0.494 e. The Balaban J connectivity index is 1.48. The first-order valence-electron chi connectivity index (χ1n) is 9.48. The van der Waals surface area contributed by atoms with E-state index in [4.69, 9.17) is 25.8 Å². The molecule has 1 amide bonds. The fraction of sp³-hybridized carbons (Fsp3) is 0.500. The number of nitrogens with one attached hydrogen (secondary N) is 1. The third-order valence-electron chi connectivity index (χ3n) is 4.64. The van der Waals surface area contributed by atoms with Crippen LogP contribution in [0, 0.1) is 5.92 Å². The van der Waals surface area contributed by atoms with Crippen LogP contribution < -0.4 is 14.8 Å². The van der Waals surface area contributed by atoms with Gasteiger partial charge in [-0.1, -0.05) is 11.6 Å². The lowest BCUT2D eigenvalue weighted by Gasteiger charge is -2.35. The predicted octanol–water partition coefficient (Wildman–Crippen LogP) is 2.90. The Morgan fingerprint density at radius 1 is 1.31 bits per heavy atom. The molecule has 0 spiro atoms. The van der Waals surface area contributed by atoms with E-state index in [1.54, 1.807) is 31.8 Å². The number of rotatable bonds is 9. The van der Waals surface area contributed by atoms with Crippen LogP contribution in [0.3, 0.4) is 0 Å². The van der Waals surface area contributed by atoms with E-state index >= 15 is 0 Å². The number of pyridine rings is 1. The molecule has 0 aliphatic heterocycles. The molecule has 0 aromatic carbocycles. The second-order valence-electron chi connectivity index (χ2n) is 7.13. The molecule has 2 aromatic rings. The van der Waals surface area contributed by atoms with Gasteiger partial charge in [-0.2, -0.15) is 0 Å². The van der Waals surface area contributed by atoms with Gasteiger partial charge in [0, 0.05) is 24.7 Å². The molecule has 8 nitrogen and oxygen atoms in total. The number of carbonyl (C=O) groups excluding carboxylic acids is 1. The molecule has 9 heteroatoms. The Bertz CT molecular complexity index is 828. The average Bonchev–Trinajstić information content (AvgIpc) is 2.67. The van der Waals surface area contributed by atoms with E-state index in [0.717, 1.165) is 12.8 Å². The molecule has 3 rings (SSSR count). The summed E-state index contributed by atoms with van der Waals surface area (Å²) < 4.78 is 16.7. The maximum absolute atomic E-state index is 11.0. The standard InChI is InChI=1S/C20H25ClN4O4/c1-12(25-13(2)26)10-28-15-6-14(7-15)11-29-20-18(21)17(4-5-22-20)19-23-8-16(27-3)9-24-19/h4-5,8-9,12,14-15H,6-7,10-11H2,1-3H3,(H,25,26)/t12-,14-,15-/m0/s1. The fourth-order valence-electron chi connectivity index (χ4n) is 3.07. The van der Waals surface area contributed by atoms with Gasteiger partial charge in [-0.05, 0) is 31.7 Å². The molecule has 0 unspecified atom stereocenters. The lowest BCUT2D eigenvalue weighted by molar-refractivity contribution is -0.120. The van der Waals surface area contributed by atoms with Crippen molar-refractivity contribution in [2.75, 3.05) is 20.3 Å². The summed E-state index contributed by atoms with van der Waals surface area (Å²) in [6.07, 6.45) is 6.81. The lowest BCUT2D eigenvalue weighted by Crippen LogP contribution is -2.40. The minimum absolute atomic E-state index is 0.00807. The maximum Gasteiger partial charge on any atom is 0.233 e. The van der Waals surface area contributed by atoms with E-state index < -0.39 is 0 Å². The van der Waals surface area contributed by atoms with Crippen LogP contribution in [-0.2, 0) is 9.53 Å². The van der Waals surface area contributed by atoms with E-state index in [0.29, 0.717) is 47.2 Å². The van der Waals surface area contributed by atoms with Crippen molar-refractivity contribution in [2.45, 2.75) is 38.8 Å². The summed E-state index contributed by atoms with van der Waals surface area (Å²) in [6, 6.07) is 1.76. The molecule has 0 bridgehead atoms. The number of carbonyl (C=O) groups is 1. The highest BCUT2D eigenvalue weighted by molar-refractivity contribution is 6.34. The molecule has 1 N–H and O–H groups in total. The van der Waals surface area contributed by atoms with Crippen molar-refractivity contribution < 1.29 is 19.0 Å². The van der Waals surface area contributed by atoms with Crippen LogP contribution in [0.15, 0.2) is 24.7 Å². The van der Waals surface area contributed by atoms with Crippen molar-refractivity contribution >= 4 is 17.5 Å². The Kier molecular flexibility index (Phi) is 7.22. The van der Waals surface area contributed by atoms with Gasteiger partial charge in [0.1, 0.15) is 5.02 Å². The molecule has 1 atom stereocenters. The molecule has 2 heterocycles. The zero-order chi connectivity index (χ0) is 20.8. The van der Waals surface area contributed by atoms with Crippen molar-refractivity contribution in [3.05, 3.63) is 29.7 Å². The molecular formula is C20H25ClN4O4. The van der Waals surface area contributed by atoms with Crippen molar-refractivity contribution in [3.8, 4) is 23.0 Å². The number of amides is 1. The van der Waals surface area contributed by atoms with Crippen molar-refractivity contribution in [3.63, 3.8) is 0 Å². The van der Waals surface area contributed by atoms with Crippen molar-refractivity contribution in [1.29, 1.82) is 0 Å². The van der Waals surface area contributed by atoms with Crippen molar-refractivity contribution in [1.82, 2.24) is 20.3 Å². The Morgan fingerprint density at radius 2 is 2.03 bits per heavy atom. The summed E-state index contributed by atoms with van der Waals surface area (Å²) in [6.45, 7) is 4.45. The van der Waals surface area contributed by atoms with E-state index in [1.807, 2.05) is 6.92 Å². The molecule has 1 saturated carbocycles. The average molecular weight is 421 g/mol. The van der Waals surface area contributed by atoms with Gasteiger partial charge in [0.15, 0.2) is 11.6 Å². The van der Waals surface area contributed by atoms with Crippen LogP contribution >= 0.6 is 11.6 Å². The number of halogens is 1. The summed E-state index contributed by atoms with van der Waals surface area (Å²) in [5.41, 5.74) is 0.654. The van der Waals surface area contributed by atoms with Crippen LogP contribution in [0.5, 0.6) is 11.6 Å². The highest BCUT2D eigenvalue weighted by Crippen LogP contribution is 2.34. The minimum atomic E-state index is -0.0485. The summed E-state index contributed by atoms with van der Waals surface area (Å²) in [5.74, 6) is 1.76. The molecule has 1 aliphatic carbocycles. The molecule has 29 heavy (non-hydrogen) atoms. The summed E-state index contributed by atoms with van der Waals surface area (Å²) >= 11 is 6.46. The smallest absolute Gasteiger partial charge is 0.233 e. The summed E-state index contributed by atoms with van der Waals surface area (Å²) in [5, 5.41) is 3.19. The third kappa shape index (κ3) is 5.77. The van der Waals surface area contributed by atoms with Crippen LogP contribution in [-0.4, -0.2) is 53.3 Å². The highest BCUT2D eigenvalue weighted by atomic mass is 35.5. The molecule has 156 valence electrons. The monoisotopic (exact) mass is 420 g/mol. The summed E-state index contributed by atoms with van der Waals surface area (Å²) in [7, 11) is 1.56. The number of methoxy groups -OCH3 is 1. The first-order chi connectivity index (χ1) is 14.0. The van der Waals surface area contributed by atoms with Gasteiger partial charge in [0.05, 0.1) is 38.8 Å². The van der Waals surface area contributed by atoms with Crippen LogP contribution in [0.4, 0.5) is 0 Å². The molecule has 0 saturated heterocycles. The zero-order valence-corrected chi connectivity index (χ0v) is 17.5. The first kappa shape index (κ1) is 21.3. The Morgan fingerprint density at radius 3 is 2.69 bits per heavy atom. The topological polar surface area (TPSA) is 95.5 Å². The number of hydrogen-bond donors (Lipinski definition) is 1. The molecule has 0 radical (unpaired) electrons. The second kappa shape index (κ2) is 9.84. The van der Waals surface area contributed by atoms with Gasteiger partial charge in [-0.3, -0.25) is 4.79 Å². The normalized spacial score (nSPS) is 19.2. The van der Waals surface area contributed by atoms with Gasteiger partial charge in [-0.25, -0.2) is 15.0 Å². The largest absolute Gasteiger partial charge is 0.494 e. The van der Waals surface area contributed by atoms with Crippen LogP contribution in [0.25, 0.3) is 11.4 Å². The number of hydrogen-bond acceptors (Lipinski definition) is 7. The number of ether oxygens (including phenoxy) is 3. The van der Waals surface area contributed by atoms with Crippen LogP contribution in [0.1, 0.15) is 26.7 Å². The molecule has 2 aromatic heterocycles.